The van der Waals surface area contributed by atoms with Gasteiger partial charge in [0.05, 0.1) is 16.2 Å². The Morgan fingerprint density at radius 1 is 1.21 bits per heavy atom. The fourth-order valence-electron chi connectivity index (χ4n) is 2.02. The smallest absolute Gasteiger partial charge is 0.382 e. The molecule has 0 fully saturated rings. The van der Waals surface area contributed by atoms with Crippen LogP contribution in [0, 0.1) is 11.3 Å². The molecule has 1 aromatic carbocycles. The molecule has 0 radical (unpaired) electrons. The Balaban J connectivity index is 2.95. The van der Waals surface area contributed by atoms with E-state index in [2.05, 4.69) is 9.97 Å². The molecule has 0 bridgehead atoms. The number of sulfone groups is 1. The summed E-state index contributed by atoms with van der Waals surface area (Å²) in [5.41, 5.74) is 8.67. The summed E-state index contributed by atoms with van der Waals surface area (Å²) in [6.07, 6.45) is -3.90. The normalized spacial score (nSPS) is 12.0. The van der Waals surface area contributed by atoms with Gasteiger partial charge in [0.25, 0.3) is 0 Å². The Morgan fingerprint density at radius 2 is 1.83 bits per heavy atom. The van der Waals surface area contributed by atoms with Crippen molar-refractivity contribution < 1.29 is 21.6 Å². The molecule has 0 atom stereocenters. The van der Waals surface area contributed by atoms with Crippen molar-refractivity contribution in [1.29, 1.82) is 5.26 Å². The van der Waals surface area contributed by atoms with Gasteiger partial charge >= 0.3 is 6.18 Å². The highest BCUT2D eigenvalue weighted by molar-refractivity contribution is 7.90. The molecule has 0 unspecified atom stereocenters. The molecule has 2 aromatic rings. The number of rotatable bonds is 2. The number of hydrogen-bond donors (Lipinski definition) is 2. The molecule has 2 rings (SSSR count). The first kappa shape index (κ1) is 17.5. The number of nitrogens with two attached hydrogens (primary N) is 2. The Morgan fingerprint density at radius 3 is 2.33 bits per heavy atom. The van der Waals surface area contributed by atoms with E-state index < -0.39 is 38.0 Å². The third-order valence-corrected chi connectivity index (χ3v) is 4.18. The number of benzene rings is 1. The van der Waals surface area contributed by atoms with Crippen LogP contribution in [0.2, 0.25) is 0 Å². The topological polar surface area (TPSA) is 136 Å². The van der Waals surface area contributed by atoms with Gasteiger partial charge in [-0.15, -0.1) is 0 Å². The van der Waals surface area contributed by atoms with Crippen LogP contribution in [-0.2, 0) is 16.0 Å². The van der Waals surface area contributed by atoms with E-state index in [0.717, 1.165) is 12.3 Å². The predicted octanol–water partition coefficient (Wildman–Crippen LogP) is 1.60. The summed E-state index contributed by atoms with van der Waals surface area (Å²) < 4.78 is 62.6. The number of nitriles is 1. The maximum atomic E-state index is 13.0. The SMILES string of the molecule is CS(=O)(=O)c1ccc(C(F)(F)F)cc1-c1nc(N)nc(N)c1C#N. The average molecular weight is 357 g/mol. The van der Waals surface area contributed by atoms with E-state index in [9.17, 15) is 21.6 Å². The first-order valence-electron chi connectivity index (χ1n) is 6.20. The minimum absolute atomic E-state index is 0.364. The van der Waals surface area contributed by atoms with Gasteiger partial charge in [0.1, 0.15) is 17.5 Å². The number of nitrogen functional groups attached to an aromatic ring is 2. The molecule has 0 aliphatic rings. The fourth-order valence-corrected chi connectivity index (χ4v) is 2.89. The summed E-state index contributed by atoms with van der Waals surface area (Å²) >= 11 is 0. The summed E-state index contributed by atoms with van der Waals surface area (Å²) in [5.74, 6) is -0.768. The summed E-state index contributed by atoms with van der Waals surface area (Å²) in [5, 5.41) is 9.15. The molecule has 0 aliphatic heterocycles. The molecule has 11 heteroatoms. The standard InChI is InChI=1S/C13H10F3N5O2S/c1-24(22,23)9-3-2-6(13(14,15)16)4-7(9)10-8(5-17)11(18)21-12(19)20-10/h2-4H,1H3,(H4,18,19,20,21). The van der Waals surface area contributed by atoms with E-state index in [1.807, 2.05) is 0 Å². The average Bonchev–Trinajstić information content (AvgIpc) is 2.44. The summed E-state index contributed by atoms with van der Waals surface area (Å²) in [6.45, 7) is 0. The zero-order valence-electron chi connectivity index (χ0n) is 12.1. The minimum atomic E-state index is -4.72. The van der Waals surface area contributed by atoms with Gasteiger partial charge in [-0.05, 0) is 18.2 Å². The van der Waals surface area contributed by atoms with Crippen molar-refractivity contribution in [3.05, 3.63) is 29.3 Å². The van der Waals surface area contributed by atoms with Gasteiger partial charge in [0.15, 0.2) is 9.84 Å². The van der Waals surface area contributed by atoms with Gasteiger partial charge in [-0.3, -0.25) is 0 Å². The maximum Gasteiger partial charge on any atom is 0.416 e. The second-order valence-electron chi connectivity index (χ2n) is 4.78. The summed E-state index contributed by atoms with van der Waals surface area (Å²) in [6, 6.07) is 3.65. The van der Waals surface area contributed by atoms with Crippen LogP contribution in [0.4, 0.5) is 24.9 Å². The monoisotopic (exact) mass is 357 g/mol. The molecule has 0 saturated carbocycles. The number of alkyl halides is 3. The quantitative estimate of drug-likeness (QED) is 0.833. The van der Waals surface area contributed by atoms with Crippen LogP contribution in [0.3, 0.4) is 0 Å². The van der Waals surface area contributed by atoms with Crippen molar-refractivity contribution in [3.63, 3.8) is 0 Å². The number of anilines is 2. The molecule has 0 aliphatic carbocycles. The van der Waals surface area contributed by atoms with Crippen LogP contribution in [0.25, 0.3) is 11.3 Å². The second-order valence-corrected chi connectivity index (χ2v) is 6.77. The van der Waals surface area contributed by atoms with Gasteiger partial charge in [-0.2, -0.15) is 23.4 Å². The fraction of sp³-hybridized carbons (Fsp3) is 0.154. The number of aromatic nitrogens is 2. The van der Waals surface area contributed by atoms with Crippen LogP contribution in [0.15, 0.2) is 23.1 Å². The lowest BCUT2D eigenvalue weighted by Crippen LogP contribution is -2.10. The maximum absolute atomic E-state index is 13.0. The van der Waals surface area contributed by atoms with Crippen molar-refractivity contribution in [1.82, 2.24) is 9.97 Å². The van der Waals surface area contributed by atoms with E-state index in [1.54, 1.807) is 6.07 Å². The minimum Gasteiger partial charge on any atom is -0.382 e. The van der Waals surface area contributed by atoms with Gasteiger partial charge in [-0.1, -0.05) is 0 Å². The molecule has 0 spiro atoms. The Labute approximate surface area is 134 Å². The lowest BCUT2D eigenvalue weighted by molar-refractivity contribution is -0.137. The van der Waals surface area contributed by atoms with Crippen molar-refractivity contribution in [2.45, 2.75) is 11.1 Å². The molecule has 1 heterocycles. The van der Waals surface area contributed by atoms with Crippen LogP contribution in [0.5, 0.6) is 0 Å². The first-order chi connectivity index (χ1) is 10.9. The van der Waals surface area contributed by atoms with Crippen LogP contribution in [0.1, 0.15) is 11.1 Å². The van der Waals surface area contributed by atoms with Crippen molar-refractivity contribution in [2.24, 2.45) is 0 Å². The summed E-state index contributed by atoms with van der Waals surface area (Å²) in [7, 11) is -3.91. The third-order valence-electron chi connectivity index (χ3n) is 3.03. The molecule has 0 amide bonds. The molecule has 1 aromatic heterocycles. The van der Waals surface area contributed by atoms with E-state index in [1.165, 1.54) is 0 Å². The van der Waals surface area contributed by atoms with Crippen molar-refractivity contribution >= 4 is 21.6 Å². The largest absolute Gasteiger partial charge is 0.416 e. The lowest BCUT2D eigenvalue weighted by Gasteiger charge is -2.14. The molecule has 126 valence electrons. The van der Waals surface area contributed by atoms with Gasteiger partial charge < -0.3 is 11.5 Å². The Hall–Kier alpha value is -2.87. The molecular formula is C13H10F3N5O2S. The zero-order chi connectivity index (χ0) is 18.3. The molecule has 4 N–H and O–H groups in total. The Bertz CT molecular complexity index is 965. The molecule has 24 heavy (non-hydrogen) atoms. The van der Waals surface area contributed by atoms with E-state index in [0.29, 0.717) is 12.1 Å². The molecular weight excluding hydrogens is 347 g/mol. The van der Waals surface area contributed by atoms with Gasteiger partial charge in [0.2, 0.25) is 5.95 Å². The first-order valence-corrected chi connectivity index (χ1v) is 8.09. The molecule has 7 nitrogen and oxygen atoms in total. The highest BCUT2D eigenvalue weighted by atomic mass is 32.2. The van der Waals surface area contributed by atoms with Gasteiger partial charge in [-0.25, -0.2) is 13.4 Å². The van der Waals surface area contributed by atoms with Crippen LogP contribution < -0.4 is 11.5 Å². The highest BCUT2D eigenvalue weighted by Gasteiger charge is 2.33. The van der Waals surface area contributed by atoms with Gasteiger partial charge in [0, 0.05) is 11.8 Å². The van der Waals surface area contributed by atoms with E-state index >= 15 is 0 Å². The summed E-state index contributed by atoms with van der Waals surface area (Å²) in [4.78, 5) is 6.81. The Kier molecular flexibility index (Phi) is 4.11. The van der Waals surface area contributed by atoms with Crippen molar-refractivity contribution in [2.75, 3.05) is 17.7 Å². The third kappa shape index (κ3) is 3.23. The zero-order valence-corrected chi connectivity index (χ0v) is 12.9. The van der Waals surface area contributed by atoms with Crippen LogP contribution in [-0.4, -0.2) is 24.6 Å². The van der Waals surface area contributed by atoms with Crippen LogP contribution >= 0.6 is 0 Å². The number of halogens is 3. The van der Waals surface area contributed by atoms with Crippen molar-refractivity contribution in [3.8, 4) is 17.3 Å². The second kappa shape index (κ2) is 5.64. The van der Waals surface area contributed by atoms with E-state index in [4.69, 9.17) is 16.7 Å². The highest BCUT2D eigenvalue weighted by Crippen LogP contribution is 2.36. The van der Waals surface area contributed by atoms with E-state index in [-0.39, 0.29) is 17.1 Å². The number of nitrogens with zero attached hydrogens (tertiary/aromatic N) is 3. The number of hydrogen-bond acceptors (Lipinski definition) is 7. The predicted molar refractivity (Wildman–Crippen MR) is 79.1 cm³/mol. The molecule has 0 saturated heterocycles. The lowest BCUT2D eigenvalue weighted by atomic mass is 10.0.